The number of H-pyrrole nitrogens is 1. The first-order chi connectivity index (χ1) is 15.9. The van der Waals surface area contributed by atoms with E-state index in [9.17, 15) is 34.2 Å². The number of carbonyl (C=O) groups is 5. The number of aromatic amines is 1. The SMILES string of the molecule is CC(C)CC(NC(=O)C(CO)NC(=O)C(Cc1cnc[nH]1)NC(=O)C(N)CCC(=O)O)C(=O)O. The van der Waals surface area contributed by atoms with Crippen LogP contribution in [0.5, 0.6) is 0 Å². The zero-order valence-electron chi connectivity index (χ0n) is 19.0. The summed E-state index contributed by atoms with van der Waals surface area (Å²) in [7, 11) is 0. The van der Waals surface area contributed by atoms with Crippen molar-refractivity contribution in [2.45, 2.75) is 63.7 Å². The molecule has 0 spiro atoms. The lowest BCUT2D eigenvalue weighted by Crippen LogP contribution is -2.58. The first-order valence-electron chi connectivity index (χ1n) is 10.6. The Bertz CT molecular complexity index is 844. The highest BCUT2D eigenvalue weighted by Gasteiger charge is 2.30. The summed E-state index contributed by atoms with van der Waals surface area (Å²) in [6, 6.07) is -5.15. The lowest BCUT2D eigenvalue weighted by Gasteiger charge is -2.24. The zero-order chi connectivity index (χ0) is 25.8. The normalized spacial score (nSPS) is 14.5. The number of aliphatic carboxylic acids is 2. The van der Waals surface area contributed by atoms with Gasteiger partial charge in [-0.05, 0) is 18.8 Å². The minimum Gasteiger partial charge on any atom is -0.481 e. The lowest BCUT2D eigenvalue weighted by atomic mass is 10.0. The van der Waals surface area contributed by atoms with Crippen molar-refractivity contribution in [3.05, 3.63) is 18.2 Å². The van der Waals surface area contributed by atoms with Crippen LogP contribution in [0.3, 0.4) is 0 Å². The molecule has 14 nitrogen and oxygen atoms in total. The Morgan fingerprint density at radius 3 is 2.09 bits per heavy atom. The third-order valence-electron chi connectivity index (χ3n) is 4.76. The van der Waals surface area contributed by atoms with Gasteiger partial charge in [-0.3, -0.25) is 19.2 Å². The van der Waals surface area contributed by atoms with Crippen molar-refractivity contribution in [3.63, 3.8) is 0 Å². The molecule has 14 heteroatoms. The Hall–Kier alpha value is -3.52. The number of aromatic nitrogens is 2. The molecule has 1 heterocycles. The molecule has 0 aromatic carbocycles. The quantitative estimate of drug-likeness (QED) is 0.133. The standard InChI is InChI=1S/C20H32N6O8/c1-10(2)5-14(20(33)34)25-19(32)15(8-27)26-18(31)13(6-11-7-22-9-23-11)24-17(30)12(21)3-4-16(28)29/h7,9-10,12-15,27H,3-6,8,21H2,1-2H3,(H,22,23)(H,24,30)(H,25,32)(H,26,31)(H,28,29)(H,33,34). The van der Waals surface area contributed by atoms with Gasteiger partial charge in [0, 0.05) is 24.7 Å². The summed E-state index contributed by atoms with van der Waals surface area (Å²) in [5, 5.41) is 34.6. The molecular weight excluding hydrogens is 452 g/mol. The van der Waals surface area contributed by atoms with Gasteiger partial charge in [0.1, 0.15) is 18.1 Å². The van der Waals surface area contributed by atoms with Crippen LogP contribution in [-0.2, 0) is 30.4 Å². The molecule has 3 amide bonds. The van der Waals surface area contributed by atoms with Crippen LogP contribution in [0.1, 0.15) is 38.8 Å². The Kier molecular flexibility index (Phi) is 11.7. The lowest BCUT2D eigenvalue weighted by molar-refractivity contribution is -0.143. The van der Waals surface area contributed by atoms with Crippen LogP contribution in [0.25, 0.3) is 0 Å². The fourth-order valence-corrected chi connectivity index (χ4v) is 2.95. The number of hydrogen-bond acceptors (Lipinski definition) is 8. The molecule has 0 saturated heterocycles. The molecule has 1 aromatic heterocycles. The summed E-state index contributed by atoms with van der Waals surface area (Å²) in [5.74, 6) is -4.97. The van der Waals surface area contributed by atoms with Crippen molar-refractivity contribution >= 4 is 29.7 Å². The number of amides is 3. The van der Waals surface area contributed by atoms with E-state index in [-0.39, 0.29) is 31.6 Å². The molecule has 190 valence electrons. The number of carbonyl (C=O) groups excluding carboxylic acids is 3. The van der Waals surface area contributed by atoms with E-state index in [1.54, 1.807) is 13.8 Å². The van der Waals surface area contributed by atoms with Gasteiger partial charge in [-0.2, -0.15) is 0 Å². The van der Waals surface area contributed by atoms with E-state index < -0.39 is 60.4 Å². The molecule has 0 bridgehead atoms. The van der Waals surface area contributed by atoms with Gasteiger partial charge in [-0.15, -0.1) is 0 Å². The molecular formula is C20H32N6O8. The Labute approximate surface area is 195 Å². The number of carboxylic acids is 2. The topological polar surface area (TPSA) is 237 Å². The Balaban J connectivity index is 2.91. The monoisotopic (exact) mass is 484 g/mol. The Morgan fingerprint density at radius 1 is 1.00 bits per heavy atom. The number of nitrogens with one attached hydrogen (secondary N) is 4. The largest absolute Gasteiger partial charge is 0.481 e. The second kappa shape index (κ2) is 13.9. The second-order valence-corrected chi connectivity index (χ2v) is 8.15. The van der Waals surface area contributed by atoms with E-state index in [0.29, 0.717) is 5.69 Å². The van der Waals surface area contributed by atoms with E-state index in [1.165, 1.54) is 12.5 Å². The van der Waals surface area contributed by atoms with Crippen molar-refractivity contribution in [1.82, 2.24) is 25.9 Å². The van der Waals surface area contributed by atoms with Crippen molar-refractivity contribution in [2.75, 3.05) is 6.61 Å². The maximum atomic E-state index is 12.9. The van der Waals surface area contributed by atoms with Gasteiger partial charge in [-0.25, -0.2) is 9.78 Å². The van der Waals surface area contributed by atoms with Gasteiger partial charge in [0.25, 0.3) is 0 Å². The molecule has 1 rings (SSSR count). The van der Waals surface area contributed by atoms with Gasteiger partial charge in [0.05, 0.1) is 19.0 Å². The number of nitrogens with zero attached hydrogens (tertiary/aromatic N) is 1. The molecule has 0 fully saturated rings. The molecule has 4 atom stereocenters. The molecule has 0 saturated carbocycles. The third-order valence-corrected chi connectivity index (χ3v) is 4.76. The maximum Gasteiger partial charge on any atom is 0.326 e. The summed E-state index contributed by atoms with van der Waals surface area (Å²) < 4.78 is 0. The van der Waals surface area contributed by atoms with Crippen molar-refractivity contribution in [3.8, 4) is 0 Å². The highest BCUT2D eigenvalue weighted by atomic mass is 16.4. The number of nitrogens with two attached hydrogens (primary N) is 1. The van der Waals surface area contributed by atoms with Crippen LogP contribution in [0, 0.1) is 5.92 Å². The molecule has 0 aliphatic carbocycles. The molecule has 9 N–H and O–H groups in total. The molecule has 0 aliphatic heterocycles. The predicted molar refractivity (Wildman–Crippen MR) is 117 cm³/mol. The van der Waals surface area contributed by atoms with E-state index in [2.05, 4.69) is 25.9 Å². The van der Waals surface area contributed by atoms with Gasteiger partial charge in [0.15, 0.2) is 0 Å². The number of aliphatic hydroxyl groups excluding tert-OH is 1. The Morgan fingerprint density at radius 2 is 1.59 bits per heavy atom. The third kappa shape index (κ3) is 9.95. The van der Waals surface area contributed by atoms with Crippen molar-refractivity contribution < 1.29 is 39.3 Å². The summed E-state index contributed by atoms with van der Waals surface area (Å²) >= 11 is 0. The van der Waals surface area contributed by atoms with Gasteiger partial charge >= 0.3 is 11.9 Å². The van der Waals surface area contributed by atoms with E-state index in [1.807, 2.05) is 0 Å². The van der Waals surface area contributed by atoms with Crippen molar-refractivity contribution in [2.24, 2.45) is 11.7 Å². The van der Waals surface area contributed by atoms with Crippen molar-refractivity contribution in [1.29, 1.82) is 0 Å². The second-order valence-electron chi connectivity index (χ2n) is 8.15. The number of aliphatic hydroxyl groups is 1. The van der Waals surface area contributed by atoms with E-state index >= 15 is 0 Å². The van der Waals surface area contributed by atoms with Crippen LogP contribution >= 0.6 is 0 Å². The fraction of sp³-hybridized carbons (Fsp3) is 0.600. The summed E-state index contributed by atoms with van der Waals surface area (Å²) in [5.41, 5.74) is 6.16. The molecule has 0 radical (unpaired) electrons. The van der Waals surface area contributed by atoms with Gasteiger partial charge < -0.3 is 42.0 Å². The number of rotatable bonds is 15. The number of carboxylic acid groups (broad SMARTS) is 2. The minimum absolute atomic E-state index is 0.0390. The van der Waals surface area contributed by atoms with Crippen LogP contribution in [0.4, 0.5) is 0 Å². The van der Waals surface area contributed by atoms with Crippen LogP contribution in [0.2, 0.25) is 0 Å². The highest BCUT2D eigenvalue weighted by Crippen LogP contribution is 2.06. The average molecular weight is 485 g/mol. The van der Waals surface area contributed by atoms with Crippen LogP contribution < -0.4 is 21.7 Å². The zero-order valence-corrected chi connectivity index (χ0v) is 19.0. The minimum atomic E-state index is -1.48. The first kappa shape index (κ1) is 28.5. The molecule has 1 aromatic rings. The van der Waals surface area contributed by atoms with Crippen LogP contribution in [-0.4, -0.2) is 85.7 Å². The maximum absolute atomic E-state index is 12.9. The number of imidazole rings is 1. The first-order valence-corrected chi connectivity index (χ1v) is 10.6. The number of hydrogen-bond donors (Lipinski definition) is 8. The smallest absolute Gasteiger partial charge is 0.326 e. The summed E-state index contributed by atoms with van der Waals surface area (Å²) in [4.78, 5) is 66.4. The molecule has 4 unspecified atom stereocenters. The van der Waals surface area contributed by atoms with E-state index in [4.69, 9.17) is 10.8 Å². The molecule has 0 aliphatic rings. The van der Waals surface area contributed by atoms with Gasteiger partial charge in [0.2, 0.25) is 17.7 Å². The molecule has 34 heavy (non-hydrogen) atoms. The predicted octanol–water partition coefficient (Wildman–Crippen LogP) is -2.28. The van der Waals surface area contributed by atoms with Gasteiger partial charge in [-0.1, -0.05) is 13.8 Å². The average Bonchev–Trinajstić information content (AvgIpc) is 3.27. The van der Waals surface area contributed by atoms with Crippen LogP contribution in [0.15, 0.2) is 12.5 Å². The summed E-state index contributed by atoms with van der Waals surface area (Å²) in [6.07, 6.45) is 2.33. The summed E-state index contributed by atoms with van der Waals surface area (Å²) in [6.45, 7) is 2.73. The fourth-order valence-electron chi connectivity index (χ4n) is 2.95. The van der Waals surface area contributed by atoms with E-state index in [0.717, 1.165) is 0 Å². The highest BCUT2D eigenvalue weighted by molar-refractivity contribution is 5.94.